The first-order valence-corrected chi connectivity index (χ1v) is 11.1. The molecule has 0 unspecified atom stereocenters. The zero-order chi connectivity index (χ0) is 22.3. The van der Waals surface area contributed by atoms with Gasteiger partial charge in [-0.2, -0.15) is 0 Å². The fourth-order valence-electron chi connectivity index (χ4n) is 3.74. The van der Waals surface area contributed by atoms with E-state index in [-0.39, 0.29) is 11.8 Å². The van der Waals surface area contributed by atoms with E-state index in [1.54, 1.807) is 36.8 Å². The van der Waals surface area contributed by atoms with E-state index in [4.69, 9.17) is 11.6 Å². The molecule has 4 rings (SSSR count). The fraction of sp³-hybridized carbons (Fsp3) is 0.292. The minimum atomic E-state index is -0.0980. The highest BCUT2D eigenvalue weighted by molar-refractivity contribution is 6.30. The third-order valence-corrected chi connectivity index (χ3v) is 5.78. The van der Waals surface area contributed by atoms with Crippen LogP contribution in [-0.4, -0.2) is 57.3 Å². The number of rotatable bonds is 7. The summed E-state index contributed by atoms with van der Waals surface area (Å²) in [5.74, 6) is -0.107. The van der Waals surface area contributed by atoms with Crippen LogP contribution in [0, 0.1) is 0 Å². The fourth-order valence-corrected chi connectivity index (χ4v) is 3.87. The summed E-state index contributed by atoms with van der Waals surface area (Å²) in [6, 6.07) is 15.0. The number of nitrogens with zero attached hydrogens (tertiary/aromatic N) is 4. The first kappa shape index (κ1) is 22.0. The number of hydrogen-bond acceptors (Lipinski definition) is 4. The van der Waals surface area contributed by atoms with Crippen molar-refractivity contribution in [2.24, 2.45) is 0 Å². The first-order chi connectivity index (χ1) is 15.6. The zero-order valence-corrected chi connectivity index (χ0v) is 18.5. The van der Waals surface area contributed by atoms with E-state index in [9.17, 15) is 9.59 Å². The monoisotopic (exact) mass is 451 g/mol. The van der Waals surface area contributed by atoms with Gasteiger partial charge >= 0.3 is 0 Å². The van der Waals surface area contributed by atoms with Crippen LogP contribution in [0.5, 0.6) is 0 Å². The second-order valence-corrected chi connectivity index (χ2v) is 8.31. The summed E-state index contributed by atoms with van der Waals surface area (Å²) in [7, 11) is 0. The number of halogens is 1. The maximum atomic E-state index is 13.0. The van der Waals surface area contributed by atoms with E-state index in [1.807, 2.05) is 39.9 Å². The molecule has 0 saturated carbocycles. The van der Waals surface area contributed by atoms with E-state index >= 15 is 0 Å². The lowest BCUT2D eigenvalue weighted by molar-refractivity contribution is -0.116. The van der Waals surface area contributed by atoms with Crippen LogP contribution in [0.3, 0.4) is 0 Å². The smallest absolute Gasteiger partial charge is 0.254 e. The van der Waals surface area contributed by atoms with E-state index < -0.39 is 0 Å². The van der Waals surface area contributed by atoms with Gasteiger partial charge < -0.3 is 14.8 Å². The van der Waals surface area contributed by atoms with E-state index in [0.29, 0.717) is 37.3 Å². The third kappa shape index (κ3) is 5.96. The van der Waals surface area contributed by atoms with Crippen molar-refractivity contribution < 1.29 is 9.59 Å². The molecule has 1 saturated heterocycles. The molecule has 8 heteroatoms. The van der Waals surface area contributed by atoms with Gasteiger partial charge in [0.25, 0.3) is 5.91 Å². The van der Waals surface area contributed by atoms with Crippen LogP contribution in [0.25, 0.3) is 0 Å². The summed E-state index contributed by atoms with van der Waals surface area (Å²) < 4.78 is 1.85. The van der Waals surface area contributed by atoms with Gasteiger partial charge in [-0.25, -0.2) is 4.98 Å². The molecule has 1 aliphatic heterocycles. The lowest BCUT2D eigenvalue weighted by Gasteiger charge is -2.34. The molecule has 1 fully saturated rings. The number of benzene rings is 2. The van der Waals surface area contributed by atoms with Gasteiger partial charge in [0.2, 0.25) is 5.91 Å². The Labute approximate surface area is 192 Å². The highest BCUT2D eigenvalue weighted by Gasteiger charge is 2.22. The average Bonchev–Trinajstić information content (AvgIpc) is 3.33. The number of hydrogen-bond donors (Lipinski definition) is 1. The Balaban J connectivity index is 1.28. The highest BCUT2D eigenvalue weighted by Crippen LogP contribution is 2.16. The van der Waals surface area contributed by atoms with Crippen LogP contribution < -0.4 is 5.32 Å². The topological polar surface area (TPSA) is 70.5 Å². The van der Waals surface area contributed by atoms with Crippen molar-refractivity contribution in [2.75, 3.05) is 31.5 Å². The number of amides is 2. The van der Waals surface area contributed by atoms with Gasteiger partial charge in [0.15, 0.2) is 0 Å². The number of imidazole rings is 1. The Bertz CT molecular complexity index is 1040. The molecule has 0 spiro atoms. The van der Waals surface area contributed by atoms with Crippen molar-refractivity contribution >= 4 is 29.1 Å². The van der Waals surface area contributed by atoms with Crippen molar-refractivity contribution in [1.82, 2.24) is 19.4 Å². The van der Waals surface area contributed by atoms with Gasteiger partial charge in [-0.05, 0) is 35.9 Å². The van der Waals surface area contributed by atoms with E-state index in [2.05, 4.69) is 15.2 Å². The zero-order valence-electron chi connectivity index (χ0n) is 17.8. The normalized spacial score (nSPS) is 14.3. The molecule has 1 N–H and O–H groups in total. The Morgan fingerprint density at radius 2 is 1.81 bits per heavy atom. The maximum absolute atomic E-state index is 13.0. The van der Waals surface area contributed by atoms with Crippen molar-refractivity contribution in [3.05, 3.63) is 83.4 Å². The standard InChI is InChI=1S/C24H26ClN5O2/c25-21-6-4-19(5-7-21)17-28-12-14-30(15-13-28)24(32)20-2-1-3-22(16-20)27-23(31)8-10-29-11-9-26-18-29/h1-7,9,11,16,18H,8,10,12-15,17H2,(H,27,31). The lowest BCUT2D eigenvalue weighted by Crippen LogP contribution is -2.48. The van der Waals surface area contributed by atoms with E-state index in [1.165, 1.54) is 5.56 Å². The SMILES string of the molecule is O=C(CCn1ccnc1)Nc1cccc(C(=O)N2CCN(Cc3ccc(Cl)cc3)CC2)c1. The summed E-state index contributed by atoms with van der Waals surface area (Å²) in [6.07, 6.45) is 5.53. The van der Waals surface area contributed by atoms with Crippen LogP contribution in [-0.2, 0) is 17.9 Å². The quantitative estimate of drug-likeness (QED) is 0.596. The molecule has 2 heterocycles. The summed E-state index contributed by atoms with van der Waals surface area (Å²) >= 11 is 5.96. The molecule has 3 aromatic rings. The van der Waals surface area contributed by atoms with Crippen LogP contribution in [0.2, 0.25) is 5.02 Å². The second-order valence-electron chi connectivity index (χ2n) is 7.87. The molecular weight excluding hydrogens is 426 g/mol. The maximum Gasteiger partial charge on any atom is 0.254 e. The van der Waals surface area contributed by atoms with Gasteiger partial charge in [0, 0.05) is 74.4 Å². The van der Waals surface area contributed by atoms with Crippen molar-refractivity contribution in [3.8, 4) is 0 Å². The Kier molecular flexibility index (Phi) is 7.19. The molecule has 2 aromatic carbocycles. The van der Waals surface area contributed by atoms with E-state index in [0.717, 1.165) is 24.7 Å². The molecule has 7 nitrogen and oxygen atoms in total. The number of nitrogens with one attached hydrogen (secondary N) is 1. The Morgan fingerprint density at radius 3 is 2.53 bits per heavy atom. The first-order valence-electron chi connectivity index (χ1n) is 10.7. The summed E-state index contributed by atoms with van der Waals surface area (Å²) in [5, 5.41) is 3.62. The van der Waals surface area contributed by atoms with Crippen molar-refractivity contribution in [2.45, 2.75) is 19.5 Å². The van der Waals surface area contributed by atoms with Gasteiger partial charge in [-0.3, -0.25) is 14.5 Å². The third-order valence-electron chi connectivity index (χ3n) is 5.53. The molecule has 0 bridgehead atoms. The highest BCUT2D eigenvalue weighted by atomic mass is 35.5. The van der Waals surface area contributed by atoms with Gasteiger partial charge in [-0.15, -0.1) is 0 Å². The lowest BCUT2D eigenvalue weighted by atomic mass is 10.1. The minimum absolute atomic E-state index is 0.00865. The minimum Gasteiger partial charge on any atom is -0.337 e. The van der Waals surface area contributed by atoms with Crippen molar-refractivity contribution in [3.63, 3.8) is 0 Å². The summed E-state index contributed by atoms with van der Waals surface area (Å²) in [5.41, 5.74) is 2.43. The number of carbonyl (C=O) groups is 2. The molecule has 0 aliphatic carbocycles. The second kappa shape index (κ2) is 10.4. The molecule has 1 aromatic heterocycles. The van der Waals surface area contributed by atoms with Gasteiger partial charge in [0.1, 0.15) is 0 Å². The number of aryl methyl sites for hydroxylation is 1. The summed E-state index contributed by atoms with van der Waals surface area (Å²) in [4.78, 5) is 33.4. The molecule has 0 atom stereocenters. The van der Waals surface area contributed by atoms with Gasteiger partial charge in [-0.1, -0.05) is 29.8 Å². The number of carbonyl (C=O) groups excluding carboxylic acids is 2. The molecule has 1 aliphatic rings. The van der Waals surface area contributed by atoms with Crippen LogP contribution in [0.15, 0.2) is 67.3 Å². The largest absolute Gasteiger partial charge is 0.337 e. The molecule has 166 valence electrons. The summed E-state index contributed by atoms with van der Waals surface area (Å²) in [6.45, 7) is 4.39. The Morgan fingerprint density at radius 1 is 1.03 bits per heavy atom. The predicted molar refractivity (Wildman–Crippen MR) is 125 cm³/mol. The number of aromatic nitrogens is 2. The van der Waals surface area contributed by atoms with Crippen LogP contribution in [0.1, 0.15) is 22.3 Å². The predicted octanol–water partition coefficient (Wildman–Crippen LogP) is 3.52. The average molecular weight is 452 g/mol. The molecule has 32 heavy (non-hydrogen) atoms. The van der Waals surface area contributed by atoms with Crippen molar-refractivity contribution in [1.29, 1.82) is 0 Å². The molecule has 0 radical (unpaired) electrons. The molecule has 2 amide bonds. The van der Waals surface area contributed by atoms with Crippen LogP contribution >= 0.6 is 11.6 Å². The number of anilines is 1. The number of piperazine rings is 1. The Hall–Kier alpha value is -3.16. The van der Waals surface area contributed by atoms with Crippen LogP contribution in [0.4, 0.5) is 5.69 Å². The molecular formula is C24H26ClN5O2. The van der Waals surface area contributed by atoms with Gasteiger partial charge in [0.05, 0.1) is 6.33 Å².